The molecule has 4 aromatic rings. The van der Waals surface area contributed by atoms with Gasteiger partial charge in [-0.25, -0.2) is 9.78 Å². The van der Waals surface area contributed by atoms with Gasteiger partial charge in [-0.1, -0.05) is 54.6 Å². The molecule has 0 spiro atoms. The number of rotatable bonds is 2. The second-order valence-electron chi connectivity index (χ2n) is 6.32. The van der Waals surface area contributed by atoms with Gasteiger partial charge in [0.15, 0.2) is 0 Å². The first-order valence-electron chi connectivity index (χ1n) is 8.39. The minimum absolute atomic E-state index is 0.144. The van der Waals surface area contributed by atoms with E-state index in [4.69, 9.17) is 0 Å². The summed E-state index contributed by atoms with van der Waals surface area (Å²) in [6, 6.07) is 21.8. The maximum Gasteiger partial charge on any atom is 0.352 e. The summed E-state index contributed by atoms with van der Waals surface area (Å²) in [5.41, 5.74) is 2.99. The number of carboxylic acids is 1. The summed E-state index contributed by atoms with van der Waals surface area (Å²) < 4.78 is 2.06. The minimum Gasteiger partial charge on any atom is -0.477 e. The molecule has 0 fully saturated rings. The molecule has 0 amide bonds. The van der Waals surface area contributed by atoms with Gasteiger partial charge in [0.1, 0.15) is 5.70 Å². The van der Waals surface area contributed by atoms with Crippen LogP contribution in [0.2, 0.25) is 0 Å². The zero-order chi connectivity index (χ0) is 17.7. The van der Waals surface area contributed by atoms with E-state index < -0.39 is 5.97 Å². The molecule has 5 heteroatoms. The molecule has 3 aromatic carbocycles. The molecule has 1 atom stereocenters. The topological polar surface area (TPSA) is 67.1 Å². The number of para-hydroxylation sites is 2. The average molecular weight is 341 g/mol. The zero-order valence-electron chi connectivity index (χ0n) is 13.8. The predicted molar refractivity (Wildman–Crippen MR) is 101 cm³/mol. The molecule has 1 unspecified atom stereocenters. The van der Waals surface area contributed by atoms with Crippen LogP contribution < -0.4 is 5.32 Å². The van der Waals surface area contributed by atoms with E-state index in [1.807, 2.05) is 48.5 Å². The molecular weight excluding hydrogens is 326 g/mol. The fourth-order valence-corrected chi connectivity index (χ4v) is 3.67. The number of nitrogens with zero attached hydrogens (tertiary/aromatic N) is 2. The number of benzene rings is 3. The number of allylic oxidation sites excluding steroid dienone is 1. The molecule has 0 saturated heterocycles. The predicted octanol–water partition coefficient (Wildman–Crippen LogP) is 4.17. The number of aliphatic carboxylic acids is 1. The van der Waals surface area contributed by atoms with Crippen molar-refractivity contribution in [3.63, 3.8) is 0 Å². The monoisotopic (exact) mass is 341 g/mol. The highest BCUT2D eigenvalue weighted by atomic mass is 16.4. The van der Waals surface area contributed by atoms with E-state index in [9.17, 15) is 9.90 Å². The summed E-state index contributed by atoms with van der Waals surface area (Å²) in [6.45, 7) is 0. The summed E-state index contributed by atoms with van der Waals surface area (Å²) in [4.78, 5) is 16.2. The van der Waals surface area contributed by atoms with Crippen molar-refractivity contribution in [2.24, 2.45) is 0 Å². The van der Waals surface area contributed by atoms with E-state index >= 15 is 0 Å². The molecule has 1 aliphatic heterocycles. The van der Waals surface area contributed by atoms with E-state index in [1.54, 1.807) is 6.08 Å². The fraction of sp³-hybridized carbons (Fsp3) is 0.0476. The first-order chi connectivity index (χ1) is 12.7. The summed E-state index contributed by atoms with van der Waals surface area (Å²) in [5, 5.41) is 14.7. The third-order valence-electron chi connectivity index (χ3n) is 4.82. The highest BCUT2D eigenvalue weighted by Gasteiger charge is 2.27. The SMILES string of the molecule is O=C(O)C1=CC(c2cccc3ccccc23)n2c(nc3ccccc32)N1. The van der Waals surface area contributed by atoms with Gasteiger partial charge in [0, 0.05) is 0 Å². The number of hydrogen-bond acceptors (Lipinski definition) is 3. The lowest BCUT2D eigenvalue weighted by Gasteiger charge is -2.26. The maximum absolute atomic E-state index is 11.7. The van der Waals surface area contributed by atoms with Gasteiger partial charge in [0.05, 0.1) is 17.1 Å². The standard InChI is InChI=1S/C21H15N3O2/c25-20(26)17-12-19(15-9-5-7-13-6-1-2-8-14(13)15)24-18-11-4-3-10-16(18)22-21(24)23-17/h1-12,19H,(H,22,23)(H,25,26). The van der Waals surface area contributed by atoms with Crippen molar-refractivity contribution in [1.29, 1.82) is 0 Å². The zero-order valence-corrected chi connectivity index (χ0v) is 13.8. The van der Waals surface area contributed by atoms with Crippen LogP contribution in [-0.4, -0.2) is 20.6 Å². The number of fused-ring (bicyclic) bond motifs is 4. The smallest absolute Gasteiger partial charge is 0.352 e. The number of carboxylic acid groups (broad SMARTS) is 1. The Kier molecular flexibility index (Phi) is 3.09. The lowest BCUT2D eigenvalue weighted by atomic mass is 9.97. The van der Waals surface area contributed by atoms with Crippen molar-refractivity contribution in [2.45, 2.75) is 6.04 Å². The molecule has 0 radical (unpaired) electrons. The Morgan fingerprint density at radius 2 is 1.77 bits per heavy atom. The normalized spacial score (nSPS) is 16.2. The lowest BCUT2D eigenvalue weighted by molar-refractivity contribution is -0.132. The Labute approximate surface area is 149 Å². The molecule has 0 saturated carbocycles. The highest BCUT2D eigenvalue weighted by molar-refractivity contribution is 5.93. The molecule has 0 aliphatic carbocycles. The molecule has 5 rings (SSSR count). The summed E-state index contributed by atoms with van der Waals surface area (Å²) in [6.07, 6.45) is 1.76. The second kappa shape index (κ2) is 5.46. The minimum atomic E-state index is -0.992. The Bertz CT molecular complexity index is 1200. The van der Waals surface area contributed by atoms with E-state index in [0.717, 1.165) is 27.4 Å². The van der Waals surface area contributed by atoms with Gasteiger partial charge < -0.3 is 10.4 Å². The van der Waals surface area contributed by atoms with Crippen LogP contribution in [0.25, 0.3) is 21.8 Å². The number of carbonyl (C=O) groups is 1. The molecular formula is C21H15N3O2. The molecule has 2 heterocycles. The third-order valence-corrected chi connectivity index (χ3v) is 4.82. The first kappa shape index (κ1) is 14.7. The number of anilines is 1. The first-order valence-corrected chi connectivity index (χ1v) is 8.39. The molecule has 126 valence electrons. The van der Waals surface area contributed by atoms with Crippen LogP contribution in [0.4, 0.5) is 5.95 Å². The van der Waals surface area contributed by atoms with Crippen LogP contribution >= 0.6 is 0 Å². The van der Waals surface area contributed by atoms with Crippen LogP contribution in [0.5, 0.6) is 0 Å². The average Bonchev–Trinajstić information content (AvgIpc) is 3.05. The molecule has 26 heavy (non-hydrogen) atoms. The van der Waals surface area contributed by atoms with Gasteiger partial charge >= 0.3 is 5.97 Å². The van der Waals surface area contributed by atoms with Gasteiger partial charge in [-0.3, -0.25) is 4.57 Å². The molecule has 2 N–H and O–H groups in total. The second-order valence-corrected chi connectivity index (χ2v) is 6.32. The lowest BCUT2D eigenvalue weighted by Crippen LogP contribution is -2.23. The van der Waals surface area contributed by atoms with E-state index in [0.29, 0.717) is 5.95 Å². The summed E-state index contributed by atoms with van der Waals surface area (Å²) in [5.74, 6) is -0.447. The number of hydrogen-bond donors (Lipinski definition) is 2. The Morgan fingerprint density at radius 3 is 2.65 bits per heavy atom. The maximum atomic E-state index is 11.7. The van der Waals surface area contributed by atoms with E-state index in [2.05, 4.69) is 33.1 Å². The van der Waals surface area contributed by atoms with Crippen molar-refractivity contribution < 1.29 is 9.90 Å². The van der Waals surface area contributed by atoms with Crippen LogP contribution in [0.3, 0.4) is 0 Å². The van der Waals surface area contributed by atoms with Gasteiger partial charge in [-0.2, -0.15) is 0 Å². The molecule has 1 aromatic heterocycles. The van der Waals surface area contributed by atoms with Gasteiger partial charge in [0.25, 0.3) is 0 Å². The van der Waals surface area contributed by atoms with Crippen molar-refractivity contribution in [3.05, 3.63) is 84.1 Å². The van der Waals surface area contributed by atoms with E-state index in [1.165, 1.54) is 0 Å². The molecule has 5 nitrogen and oxygen atoms in total. The highest BCUT2D eigenvalue weighted by Crippen LogP contribution is 2.37. The van der Waals surface area contributed by atoms with Crippen molar-refractivity contribution in [1.82, 2.24) is 9.55 Å². The van der Waals surface area contributed by atoms with Crippen molar-refractivity contribution >= 4 is 33.7 Å². The molecule has 1 aliphatic rings. The summed E-state index contributed by atoms with van der Waals surface area (Å²) in [7, 11) is 0. The third kappa shape index (κ3) is 2.10. The van der Waals surface area contributed by atoms with E-state index in [-0.39, 0.29) is 11.7 Å². The molecule has 0 bridgehead atoms. The van der Waals surface area contributed by atoms with Gasteiger partial charge in [-0.05, 0) is 34.5 Å². The Hall–Kier alpha value is -3.60. The largest absolute Gasteiger partial charge is 0.477 e. The van der Waals surface area contributed by atoms with Crippen molar-refractivity contribution in [3.8, 4) is 0 Å². The van der Waals surface area contributed by atoms with Crippen LogP contribution in [0.1, 0.15) is 11.6 Å². The van der Waals surface area contributed by atoms with Crippen LogP contribution in [0.15, 0.2) is 78.5 Å². The number of imidazole rings is 1. The Morgan fingerprint density at radius 1 is 1.00 bits per heavy atom. The summed E-state index contributed by atoms with van der Waals surface area (Å²) >= 11 is 0. The van der Waals surface area contributed by atoms with Crippen molar-refractivity contribution in [2.75, 3.05) is 5.32 Å². The quantitative estimate of drug-likeness (QED) is 0.574. The Balaban J connectivity index is 1.83. The van der Waals surface area contributed by atoms with Crippen LogP contribution in [0, 0.1) is 0 Å². The van der Waals surface area contributed by atoms with Gasteiger partial charge in [0.2, 0.25) is 5.95 Å². The van der Waals surface area contributed by atoms with Crippen LogP contribution in [-0.2, 0) is 4.79 Å². The number of nitrogens with one attached hydrogen (secondary N) is 1. The van der Waals surface area contributed by atoms with Gasteiger partial charge in [-0.15, -0.1) is 0 Å². The number of aromatic nitrogens is 2. The fourth-order valence-electron chi connectivity index (χ4n) is 3.67.